The number of benzene rings is 9. The molecule has 0 atom stereocenters. The molecule has 0 spiro atoms. The lowest BCUT2D eigenvalue weighted by atomic mass is 9.62. The Morgan fingerprint density at radius 3 is 1.92 bits per heavy atom. The summed E-state index contributed by atoms with van der Waals surface area (Å²) in [6.07, 6.45) is 7.61. The Hall–Kier alpha value is -8.80. The quantitative estimate of drug-likeness (QED) is 0.123. The van der Waals surface area contributed by atoms with Crippen molar-refractivity contribution in [2.45, 2.75) is 117 Å². The summed E-state index contributed by atoms with van der Waals surface area (Å²) in [6.45, 7) is 16.6. The lowest BCUT2D eigenvalue weighted by molar-refractivity contribution is -0.572. The highest BCUT2D eigenvalue weighted by Gasteiger charge is 2.40. The number of hydrogen-bond acceptors (Lipinski definition) is 2. The number of imidazole rings is 1. The largest absolute Gasteiger partial charge is 0.458 e. The molecule has 12 aromatic rings. The van der Waals surface area contributed by atoms with E-state index in [1.165, 1.54) is 29.3 Å². The van der Waals surface area contributed by atoms with E-state index in [0.717, 1.165) is 73.8 Å². The number of hydrogen-bond donors (Lipinski definition) is 0. The number of rotatable bonds is 6. The number of pyridine rings is 1. The van der Waals surface area contributed by atoms with E-state index in [9.17, 15) is 2.74 Å². The highest BCUT2D eigenvalue weighted by molar-refractivity contribution is 6.10. The molecule has 2 aliphatic rings. The average molecular weight is 1090 g/mol. The molecular weight excluding hydrogens is 1010 g/mol. The zero-order chi connectivity index (χ0) is 66.8. The molecule has 9 aromatic carbocycles. The monoisotopic (exact) mass is 1090 g/mol. The standard InChI is InChI=1S/C78H72N4O/c1-48-22-20-23-49(2)72(48)52-39-64-62-46-66-65(77(9,10)35-36-78(66,11)12)45-61(62)57-28-16-17-29-58(57)63-38-51(50-24-14-13-15-25-50)41-70-74(63)81(73(64)67(40-52)76(6,7)8)47-80(70)54-26-21-27-55(43-54)83-56-32-33-60-59-30-18-19-31-68(59)82(69(60)44-56)71-42-53(34-37-79-71)75(3,4)5/h13-34,37-46H,35-36H2,1-12H3/i1D3,2D3,13D,14D,15D,24D,25D. The summed E-state index contributed by atoms with van der Waals surface area (Å²) in [6, 6.07) is 49.3. The Balaban J connectivity index is 1.10. The first-order valence-corrected chi connectivity index (χ1v) is 28.7. The van der Waals surface area contributed by atoms with Crippen LogP contribution in [0.1, 0.15) is 131 Å². The van der Waals surface area contributed by atoms with Crippen LogP contribution in [0.5, 0.6) is 11.5 Å². The van der Waals surface area contributed by atoms with Crippen LogP contribution < -0.4 is 9.30 Å². The lowest BCUT2D eigenvalue weighted by Crippen LogP contribution is -2.35. The van der Waals surface area contributed by atoms with Crippen LogP contribution in [0.15, 0.2) is 194 Å². The van der Waals surface area contributed by atoms with Crippen LogP contribution in [0.2, 0.25) is 0 Å². The van der Waals surface area contributed by atoms with E-state index < -0.39 is 37.2 Å². The molecule has 83 heavy (non-hydrogen) atoms. The topological polar surface area (TPSA) is 35.9 Å². The lowest BCUT2D eigenvalue weighted by Gasteiger charge is -2.42. The molecule has 1 aliphatic heterocycles. The highest BCUT2D eigenvalue weighted by Crippen LogP contribution is 2.53. The number of nitrogens with zero attached hydrogens (tertiary/aromatic N) is 4. The van der Waals surface area contributed by atoms with Crippen molar-refractivity contribution in [3.63, 3.8) is 0 Å². The second kappa shape index (κ2) is 18.9. The number of fused-ring (bicyclic) bond motifs is 11. The molecule has 0 unspecified atom stereocenters. The first kappa shape index (κ1) is 41.2. The number of aromatic nitrogens is 4. The van der Waals surface area contributed by atoms with E-state index in [0.29, 0.717) is 56.2 Å². The summed E-state index contributed by atoms with van der Waals surface area (Å²) >= 11 is 0. The molecule has 0 N–H and O–H groups in total. The van der Waals surface area contributed by atoms with Crippen LogP contribution in [-0.2, 0) is 21.7 Å². The van der Waals surface area contributed by atoms with Crippen molar-refractivity contribution in [1.29, 1.82) is 0 Å². The summed E-state index contributed by atoms with van der Waals surface area (Å²) in [5, 5.41) is 2.11. The van der Waals surface area contributed by atoms with Gasteiger partial charge in [-0.1, -0.05) is 184 Å². The van der Waals surface area contributed by atoms with Crippen molar-refractivity contribution in [3.8, 4) is 84.3 Å². The number of ether oxygens (including phenoxy) is 1. The molecule has 5 nitrogen and oxygen atoms in total. The van der Waals surface area contributed by atoms with Crippen LogP contribution in [0.3, 0.4) is 0 Å². The predicted molar refractivity (Wildman–Crippen MR) is 345 cm³/mol. The van der Waals surface area contributed by atoms with E-state index in [-0.39, 0.29) is 50.6 Å². The fourth-order valence-electron chi connectivity index (χ4n) is 13.1. The van der Waals surface area contributed by atoms with E-state index in [1.54, 1.807) is 0 Å². The minimum absolute atomic E-state index is 0.0304. The third kappa shape index (κ3) is 8.64. The van der Waals surface area contributed by atoms with Gasteiger partial charge in [0, 0.05) is 31.3 Å². The van der Waals surface area contributed by atoms with Crippen molar-refractivity contribution in [1.82, 2.24) is 14.1 Å². The molecule has 0 bridgehead atoms. The van der Waals surface area contributed by atoms with Crippen LogP contribution in [0.25, 0.3) is 106 Å². The second-order valence-corrected chi connectivity index (χ2v) is 26.1. The maximum absolute atomic E-state index is 9.48. The van der Waals surface area contributed by atoms with Gasteiger partial charge in [-0.25, -0.2) is 4.98 Å². The molecule has 14 rings (SSSR count). The first-order valence-electron chi connectivity index (χ1n) is 34.2. The molecule has 3 aromatic heterocycles. The summed E-state index contributed by atoms with van der Waals surface area (Å²) < 4.78 is 112. The van der Waals surface area contributed by atoms with Gasteiger partial charge in [0.05, 0.1) is 40.3 Å². The second-order valence-electron chi connectivity index (χ2n) is 26.1. The Morgan fingerprint density at radius 2 is 1.20 bits per heavy atom. The first-order chi connectivity index (χ1) is 44.2. The molecular formula is C78H72N4O. The molecule has 4 heterocycles. The predicted octanol–water partition coefficient (Wildman–Crippen LogP) is 20.2. The van der Waals surface area contributed by atoms with E-state index in [1.807, 2.05) is 95.7 Å². The zero-order valence-electron chi connectivity index (χ0n) is 59.7. The van der Waals surface area contributed by atoms with Crippen molar-refractivity contribution >= 4 is 32.8 Å². The van der Waals surface area contributed by atoms with Gasteiger partial charge in [-0.2, -0.15) is 0 Å². The van der Waals surface area contributed by atoms with E-state index in [2.05, 4.69) is 139 Å². The summed E-state index contributed by atoms with van der Waals surface area (Å²) in [5.74, 6) is 1.87. The minimum Gasteiger partial charge on any atom is -0.458 e. The molecule has 0 saturated heterocycles. The van der Waals surface area contributed by atoms with Crippen LogP contribution in [0.4, 0.5) is 0 Å². The Morgan fingerprint density at radius 1 is 0.554 bits per heavy atom. The van der Waals surface area contributed by atoms with Gasteiger partial charge in [0.25, 0.3) is 6.33 Å². The van der Waals surface area contributed by atoms with Gasteiger partial charge >= 0.3 is 0 Å². The number of para-hydroxylation sites is 1. The third-order valence-electron chi connectivity index (χ3n) is 17.6. The molecule has 0 radical (unpaired) electrons. The molecule has 410 valence electrons. The fraction of sp³-hybridized carbons (Fsp3) is 0.231. The van der Waals surface area contributed by atoms with Crippen molar-refractivity contribution < 1.29 is 24.4 Å². The Labute approximate surface area is 505 Å². The van der Waals surface area contributed by atoms with Gasteiger partial charge < -0.3 is 4.74 Å². The maximum atomic E-state index is 9.48. The van der Waals surface area contributed by atoms with Crippen molar-refractivity contribution in [3.05, 3.63) is 234 Å². The van der Waals surface area contributed by atoms with Crippen molar-refractivity contribution in [2.24, 2.45) is 0 Å². The van der Waals surface area contributed by atoms with Crippen LogP contribution in [0, 0.1) is 20.0 Å². The Kier molecular flexibility index (Phi) is 9.37. The van der Waals surface area contributed by atoms with Gasteiger partial charge in [-0.05, 0) is 204 Å². The maximum Gasteiger partial charge on any atom is 0.269 e. The van der Waals surface area contributed by atoms with Crippen LogP contribution >= 0.6 is 0 Å². The summed E-state index contributed by atoms with van der Waals surface area (Å²) in [7, 11) is 0. The minimum atomic E-state index is -2.70. The van der Waals surface area contributed by atoms with E-state index in [4.69, 9.17) is 22.1 Å². The van der Waals surface area contributed by atoms with Gasteiger partial charge in [-0.15, -0.1) is 0 Å². The van der Waals surface area contributed by atoms with Gasteiger partial charge in [0.15, 0.2) is 0 Å². The number of aryl methyl sites for hydroxylation is 2. The molecule has 0 fully saturated rings. The molecule has 1 aliphatic carbocycles. The normalized spacial score (nSPS) is 16.6. The van der Waals surface area contributed by atoms with E-state index >= 15 is 0 Å². The third-order valence-corrected chi connectivity index (χ3v) is 17.6. The average Bonchev–Trinajstić information content (AvgIpc) is 1.42. The summed E-state index contributed by atoms with van der Waals surface area (Å²) in [5.41, 5.74) is 13.0. The summed E-state index contributed by atoms with van der Waals surface area (Å²) in [4.78, 5) is 4.92. The highest BCUT2D eigenvalue weighted by atomic mass is 16.5. The van der Waals surface area contributed by atoms with Gasteiger partial charge in [0.2, 0.25) is 0 Å². The van der Waals surface area contributed by atoms with Crippen LogP contribution in [-0.4, -0.2) is 14.1 Å². The fourth-order valence-corrected chi connectivity index (χ4v) is 13.1. The molecule has 0 amide bonds. The molecule has 5 heteroatoms. The van der Waals surface area contributed by atoms with Gasteiger partial charge in [0.1, 0.15) is 17.3 Å². The van der Waals surface area contributed by atoms with Crippen molar-refractivity contribution in [2.75, 3.05) is 0 Å². The molecule has 0 saturated carbocycles. The Bertz CT molecular complexity index is 5120. The van der Waals surface area contributed by atoms with Gasteiger partial charge in [-0.3, -0.25) is 13.7 Å². The zero-order valence-corrected chi connectivity index (χ0v) is 48.7. The smallest absolute Gasteiger partial charge is 0.269 e. The SMILES string of the molecule is [2H]c1c([2H])c([2H])c(-c2cc3c4c(c2)n(-c2cccc(Oc5ccc6c7ccccc7n(-c7cc(C(C)(C)C)ccn7)c6c5)c2)[c-][n+]4-c2c(cc(-c4c(C([2H])([2H])[2H])cccc4C([2H])([2H])[2H])cc2C(C)(C)C)-c2cc4c(cc2-c2ccccc2-3)C(C)(C)CCC4(C)C)c([2H])c1[2H].